The summed E-state index contributed by atoms with van der Waals surface area (Å²) >= 11 is 0. The molecule has 1 aromatic rings. The number of benzene rings is 1. The zero-order valence-electron chi connectivity index (χ0n) is 8.02. The van der Waals surface area contributed by atoms with Gasteiger partial charge in [0.15, 0.2) is 0 Å². The Hall–Kier alpha value is -1.31. The molecule has 1 heterocycles. The van der Waals surface area contributed by atoms with Crippen molar-refractivity contribution < 1.29 is 4.79 Å². The Morgan fingerprint density at radius 1 is 1.29 bits per heavy atom. The van der Waals surface area contributed by atoms with E-state index in [-0.39, 0.29) is 0 Å². The molecular weight excluding hydrogens is 174 g/mol. The number of nitrogens with zero attached hydrogens (tertiary/aromatic N) is 1. The molecule has 2 heteroatoms. The van der Waals surface area contributed by atoms with Crippen molar-refractivity contribution in [3.63, 3.8) is 0 Å². The Bertz CT molecular complexity index is 370. The van der Waals surface area contributed by atoms with Crippen molar-refractivity contribution >= 4 is 12.1 Å². The summed E-state index contributed by atoms with van der Waals surface area (Å²) < 4.78 is 0. The minimum absolute atomic E-state index is 0.449. The third-order valence-corrected chi connectivity index (χ3v) is 3.34. The van der Waals surface area contributed by atoms with Gasteiger partial charge in [0.1, 0.15) is 0 Å². The molecule has 1 fully saturated rings. The van der Waals surface area contributed by atoms with E-state index in [1.54, 1.807) is 0 Å². The van der Waals surface area contributed by atoms with Crippen molar-refractivity contribution in [1.29, 1.82) is 0 Å². The predicted octanol–water partition coefficient (Wildman–Crippen LogP) is 1.98. The standard InChI is InChI=1S/C12H13NO/c14-8-13-11-4-2-1-3-10(11)7-12(13)9-5-6-9/h1-4,8-9,12H,5-7H2. The highest BCUT2D eigenvalue weighted by atomic mass is 16.1. The van der Waals surface area contributed by atoms with Crippen LogP contribution in [0.15, 0.2) is 24.3 Å². The molecule has 1 aliphatic carbocycles. The molecule has 0 saturated heterocycles. The lowest BCUT2D eigenvalue weighted by atomic mass is 10.1. The van der Waals surface area contributed by atoms with Gasteiger partial charge in [-0.15, -0.1) is 0 Å². The van der Waals surface area contributed by atoms with Gasteiger partial charge in [-0.3, -0.25) is 4.79 Å². The van der Waals surface area contributed by atoms with Crippen molar-refractivity contribution in [3.05, 3.63) is 29.8 Å². The van der Waals surface area contributed by atoms with Crippen LogP contribution in [0.2, 0.25) is 0 Å². The van der Waals surface area contributed by atoms with Crippen molar-refractivity contribution in [1.82, 2.24) is 0 Å². The fourth-order valence-corrected chi connectivity index (χ4v) is 2.45. The minimum Gasteiger partial charge on any atom is -0.311 e. The average molecular weight is 187 g/mol. The van der Waals surface area contributed by atoms with E-state index in [1.807, 2.05) is 17.0 Å². The maximum absolute atomic E-state index is 11.0. The molecular formula is C12H13NO. The minimum atomic E-state index is 0.449. The Morgan fingerprint density at radius 2 is 2.07 bits per heavy atom. The molecule has 1 saturated carbocycles. The topological polar surface area (TPSA) is 20.3 Å². The van der Waals surface area contributed by atoms with Crippen molar-refractivity contribution in [2.75, 3.05) is 4.90 Å². The fraction of sp³-hybridized carbons (Fsp3) is 0.417. The summed E-state index contributed by atoms with van der Waals surface area (Å²) in [6, 6.07) is 8.69. The summed E-state index contributed by atoms with van der Waals surface area (Å²) in [6.45, 7) is 0. The van der Waals surface area contributed by atoms with Crippen LogP contribution < -0.4 is 4.90 Å². The SMILES string of the molecule is O=CN1c2ccccc2CC1C1CC1. The number of hydrogen-bond acceptors (Lipinski definition) is 1. The van der Waals surface area contributed by atoms with Gasteiger partial charge in [-0.05, 0) is 36.8 Å². The molecule has 3 rings (SSSR count). The van der Waals surface area contributed by atoms with Crippen molar-refractivity contribution in [2.24, 2.45) is 5.92 Å². The summed E-state index contributed by atoms with van der Waals surface area (Å²) in [4.78, 5) is 13.0. The van der Waals surface area contributed by atoms with Crippen LogP contribution in [-0.2, 0) is 11.2 Å². The van der Waals surface area contributed by atoms with Gasteiger partial charge in [-0.1, -0.05) is 18.2 Å². The van der Waals surface area contributed by atoms with E-state index in [2.05, 4.69) is 12.1 Å². The van der Waals surface area contributed by atoms with E-state index in [4.69, 9.17) is 0 Å². The first-order valence-electron chi connectivity index (χ1n) is 5.21. The highest BCUT2D eigenvalue weighted by molar-refractivity contribution is 5.81. The summed E-state index contributed by atoms with van der Waals surface area (Å²) in [5.41, 5.74) is 2.45. The number of carbonyl (C=O) groups is 1. The third kappa shape index (κ3) is 1.07. The Kier molecular flexibility index (Phi) is 1.63. The normalized spacial score (nSPS) is 24.9. The van der Waals surface area contributed by atoms with Crippen molar-refractivity contribution in [3.8, 4) is 0 Å². The molecule has 2 nitrogen and oxygen atoms in total. The van der Waals surface area contributed by atoms with E-state index in [0.717, 1.165) is 24.4 Å². The van der Waals surface area contributed by atoms with Gasteiger partial charge in [0.25, 0.3) is 0 Å². The van der Waals surface area contributed by atoms with Gasteiger partial charge in [-0.2, -0.15) is 0 Å². The van der Waals surface area contributed by atoms with E-state index in [1.165, 1.54) is 18.4 Å². The Labute approximate surface area is 83.5 Å². The maximum atomic E-state index is 11.0. The van der Waals surface area contributed by atoms with Crippen LogP contribution in [0.1, 0.15) is 18.4 Å². The predicted molar refractivity (Wildman–Crippen MR) is 55.2 cm³/mol. The number of anilines is 1. The van der Waals surface area contributed by atoms with Gasteiger partial charge in [0, 0.05) is 11.7 Å². The Balaban J connectivity index is 1.99. The number of amides is 1. The Morgan fingerprint density at radius 3 is 2.79 bits per heavy atom. The van der Waals surface area contributed by atoms with Crippen LogP contribution in [0.4, 0.5) is 5.69 Å². The molecule has 1 unspecified atom stereocenters. The van der Waals surface area contributed by atoms with E-state index >= 15 is 0 Å². The van der Waals surface area contributed by atoms with Crippen LogP contribution in [-0.4, -0.2) is 12.5 Å². The number of hydrogen-bond donors (Lipinski definition) is 0. The second-order valence-corrected chi connectivity index (χ2v) is 4.25. The molecule has 14 heavy (non-hydrogen) atoms. The van der Waals surface area contributed by atoms with E-state index in [0.29, 0.717) is 6.04 Å². The number of fused-ring (bicyclic) bond motifs is 1. The van der Waals surface area contributed by atoms with Gasteiger partial charge in [0.05, 0.1) is 0 Å². The van der Waals surface area contributed by atoms with E-state index in [9.17, 15) is 4.79 Å². The molecule has 1 aromatic carbocycles. The molecule has 0 aromatic heterocycles. The molecule has 2 aliphatic rings. The molecule has 1 amide bonds. The number of carbonyl (C=O) groups excluding carboxylic acids is 1. The maximum Gasteiger partial charge on any atom is 0.214 e. The molecule has 0 radical (unpaired) electrons. The van der Waals surface area contributed by atoms with Gasteiger partial charge in [-0.25, -0.2) is 0 Å². The highest BCUT2D eigenvalue weighted by Crippen LogP contribution is 2.43. The highest BCUT2D eigenvalue weighted by Gasteiger charge is 2.39. The van der Waals surface area contributed by atoms with Crippen molar-refractivity contribution in [2.45, 2.75) is 25.3 Å². The summed E-state index contributed by atoms with van der Waals surface area (Å²) in [7, 11) is 0. The van der Waals surface area contributed by atoms with Crippen LogP contribution in [0.25, 0.3) is 0 Å². The second-order valence-electron chi connectivity index (χ2n) is 4.25. The molecule has 0 bridgehead atoms. The lowest BCUT2D eigenvalue weighted by molar-refractivity contribution is -0.107. The molecule has 0 spiro atoms. The first-order chi connectivity index (χ1) is 6.90. The number of para-hydroxylation sites is 1. The van der Waals surface area contributed by atoms with Gasteiger partial charge >= 0.3 is 0 Å². The quantitative estimate of drug-likeness (QED) is 0.648. The monoisotopic (exact) mass is 187 g/mol. The lowest BCUT2D eigenvalue weighted by Crippen LogP contribution is -2.32. The average Bonchev–Trinajstić information content (AvgIpc) is 2.99. The van der Waals surface area contributed by atoms with Gasteiger partial charge < -0.3 is 4.90 Å². The zero-order chi connectivity index (χ0) is 9.54. The van der Waals surface area contributed by atoms with Gasteiger partial charge in [0.2, 0.25) is 6.41 Å². The van der Waals surface area contributed by atoms with E-state index < -0.39 is 0 Å². The smallest absolute Gasteiger partial charge is 0.214 e. The largest absolute Gasteiger partial charge is 0.311 e. The third-order valence-electron chi connectivity index (χ3n) is 3.34. The van der Waals surface area contributed by atoms with Crippen LogP contribution in [0.5, 0.6) is 0 Å². The summed E-state index contributed by atoms with van der Waals surface area (Å²) in [5.74, 6) is 0.757. The molecule has 72 valence electrons. The lowest BCUT2D eigenvalue weighted by Gasteiger charge is -2.19. The first-order valence-corrected chi connectivity index (χ1v) is 5.21. The summed E-state index contributed by atoms with van der Waals surface area (Å²) in [6.07, 6.45) is 4.64. The zero-order valence-corrected chi connectivity index (χ0v) is 8.02. The number of rotatable bonds is 2. The van der Waals surface area contributed by atoms with Crippen LogP contribution in [0, 0.1) is 5.92 Å². The summed E-state index contributed by atoms with van der Waals surface area (Å²) in [5, 5.41) is 0. The molecule has 1 aliphatic heterocycles. The van der Waals surface area contributed by atoms with Crippen LogP contribution >= 0.6 is 0 Å². The fourth-order valence-electron chi connectivity index (χ4n) is 2.45. The molecule has 0 N–H and O–H groups in total. The molecule has 1 atom stereocenters. The second kappa shape index (κ2) is 2.84. The van der Waals surface area contributed by atoms with Crippen LogP contribution in [0.3, 0.4) is 0 Å². The first kappa shape index (κ1) is 8.04.